The summed E-state index contributed by atoms with van der Waals surface area (Å²) in [6, 6.07) is 15.7. The van der Waals surface area contributed by atoms with Crippen LogP contribution < -0.4 is 5.73 Å². The zero-order valence-electron chi connectivity index (χ0n) is 12.2. The maximum Gasteiger partial charge on any atom is 0.297 e. The van der Waals surface area contributed by atoms with Crippen molar-refractivity contribution >= 4 is 60.5 Å². The number of fused-ring (bicyclic) bond motifs is 1. The third kappa shape index (κ3) is 3.40. The van der Waals surface area contributed by atoms with E-state index in [1.165, 1.54) is 0 Å². The molecule has 0 aliphatic carbocycles. The minimum absolute atomic E-state index is 0.134. The maximum atomic E-state index is 11.7. The number of nitrogen functional groups attached to an aromatic ring is 1. The molecule has 8 heteroatoms. The minimum atomic E-state index is -4.50. The van der Waals surface area contributed by atoms with Crippen LogP contribution in [0.1, 0.15) is 0 Å². The lowest BCUT2D eigenvalue weighted by Crippen LogP contribution is -2.04. The highest BCUT2D eigenvalue weighted by Crippen LogP contribution is 2.37. The van der Waals surface area contributed by atoms with E-state index >= 15 is 0 Å². The fourth-order valence-electron chi connectivity index (χ4n) is 2.30. The third-order valence-electron chi connectivity index (χ3n) is 3.38. The van der Waals surface area contributed by atoms with Gasteiger partial charge in [-0.2, -0.15) is 13.5 Å². The van der Waals surface area contributed by atoms with Crippen LogP contribution in [0.2, 0.25) is 0 Å². The van der Waals surface area contributed by atoms with Crippen LogP contribution >= 0.6 is 22.6 Å². The van der Waals surface area contributed by atoms with Crippen LogP contribution in [-0.4, -0.2) is 13.0 Å². The average Bonchev–Trinajstić information content (AvgIpc) is 2.53. The first-order valence-corrected chi connectivity index (χ1v) is 9.34. The number of hydrogen-bond acceptors (Lipinski definition) is 5. The van der Waals surface area contributed by atoms with E-state index in [4.69, 9.17) is 5.73 Å². The lowest BCUT2D eigenvalue weighted by atomic mass is 10.1. The second-order valence-electron chi connectivity index (χ2n) is 5.01. The molecule has 3 aromatic carbocycles. The Morgan fingerprint density at radius 2 is 1.67 bits per heavy atom. The molecular weight excluding hydrogens is 441 g/mol. The maximum absolute atomic E-state index is 11.7. The number of rotatable bonds is 3. The van der Waals surface area contributed by atoms with Crippen LogP contribution in [0.15, 0.2) is 69.7 Å². The standard InChI is InChI=1S/C16H12IN3O3S/c17-11-5-7-12(8-6-11)19-20-14-9-10-3-1-2-4-13(10)16(15(14)18)24(21,22)23/h1-9H,18H2,(H,21,22,23). The molecule has 0 atom stereocenters. The molecule has 3 aromatic rings. The predicted molar refractivity (Wildman–Crippen MR) is 102 cm³/mol. The number of hydrogen-bond donors (Lipinski definition) is 2. The highest BCUT2D eigenvalue weighted by molar-refractivity contribution is 14.1. The zero-order valence-corrected chi connectivity index (χ0v) is 15.2. The van der Waals surface area contributed by atoms with Crippen LogP contribution in [0.3, 0.4) is 0 Å². The molecule has 0 aromatic heterocycles. The van der Waals surface area contributed by atoms with E-state index in [-0.39, 0.29) is 16.3 Å². The molecule has 0 amide bonds. The second kappa shape index (κ2) is 6.46. The number of halogens is 1. The molecule has 0 heterocycles. The molecule has 0 aliphatic heterocycles. The van der Waals surface area contributed by atoms with E-state index in [2.05, 4.69) is 32.8 Å². The van der Waals surface area contributed by atoms with Crippen LogP contribution in [-0.2, 0) is 10.1 Å². The third-order valence-corrected chi connectivity index (χ3v) is 5.05. The molecule has 0 radical (unpaired) electrons. The fourth-order valence-corrected chi connectivity index (χ4v) is 3.50. The SMILES string of the molecule is Nc1c(N=Nc2ccc(I)cc2)cc2ccccc2c1S(=O)(=O)O. The smallest absolute Gasteiger partial charge is 0.297 e. The van der Waals surface area contributed by atoms with Crippen molar-refractivity contribution in [2.75, 3.05) is 5.73 Å². The number of benzene rings is 3. The van der Waals surface area contributed by atoms with Gasteiger partial charge in [-0.3, -0.25) is 4.55 Å². The molecule has 0 bridgehead atoms. The van der Waals surface area contributed by atoms with Crippen molar-refractivity contribution < 1.29 is 13.0 Å². The molecule has 0 saturated heterocycles. The lowest BCUT2D eigenvalue weighted by molar-refractivity contribution is 0.484. The molecule has 24 heavy (non-hydrogen) atoms. The summed E-state index contributed by atoms with van der Waals surface area (Å²) in [5.41, 5.74) is 6.58. The Kier molecular flexibility index (Phi) is 4.52. The van der Waals surface area contributed by atoms with E-state index in [1.807, 2.05) is 12.1 Å². The normalized spacial score (nSPS) is 12.1. The Bertz CT molecular complexity index is 1050. The first-order chi connectivity index (χ1) is 11.4. The Morgan fingerprint density at radius 3 is 2.33 bits per heavy atom. The molecular formula is C16H12IN3O3S. The molecule has 0 fully saturated rings. The van der Waals surface area contributed by atoms with Gasteiger partial charge in [0, 0.05) is 8.96 Å². The fraction of sp³-hybridized carbons (Fsp3) is 0. The van der Waals surface area contributed by atoms with E-state index < -0.39 is 10.1 Å². The number of nitrogens with zero attached hydrogens (tertiary/aromatic N) is 2. The first kappa shape index (κ1) is 16.8. The van der Waals surface area contributed by atoms with Gasteiger partial charge >= 0.3 is 0 Å². The lowest BCUT2D eigenvalue weighted by Gasteiger charge is -2.09. The van der Waals surface area contributed by atoms with Crippen molar-refractivity contribution in [3.8, 4) is 0 Å². The largest absolute Gasteiger partial charge is 0.396 e. The van der Waals surface area contributed by atoms with Gasteiger partial charge < -0.3 is 5.73 Å². The van der Waals surface area contributed by atoms with Crippen molar-refractivity contribution in [3.63, 3.8) is 0 Å². The van der Waals surface area contributed by atoms with Gasteiger partial charge in [0.05, 0.1) is 11.4 Å². The topological polar surface area (TPSA) is 105 Å². The summed E-state index contributed by atoms with van der Waals surface area (Å²) >= 11 is 2.18. The quantitative estimate of drug-likeness (QED) is 0.260. The number of anilines is 1. The predicted octanol–water partition coefficient (Wildman–Crippen LogP) is 4.69. The highest BCUT2D eigenvalue weighted by atomic mass is 127. The van der Waals surface area contributed by atoms with Gasteiger partial charge in [-0.15, -0.1) is 5.11 Å². The summed E-state index contributed by atoms with van der Waals surface area (Å²) in [5, 5.41) is 9.06. The summed E-state index contributed by atoms with van der Waals surface area (Å²) in [4.78, 5) is -0.350. The minimum Gasteiger partial charge on any atom is -0.396 e. The first-order valence-electron chi connectivity index (χ1n) is 6.82. The summed E-state index contributed by atoms with van der Waals surface area (Å²) in [6.45, 7) is 0. The highest BCUT2D eigenvalue weighted by Gasteiger charge is 2.21. The van der Waals surface area contributed by atoms with Gasteiger partial charge in [-0.1, -0.05) is 24.3 Å². The van der Waals surface area contributed by atoms with Gasteiger partial charge in [0.1, 0.15) is 10.6 Å². The van der Waals surface area contributed by atoms with Gasteiger partial charge in [0.2, 0.25) is 0 Å². The van der Waals surface area contributed by atoms with Crippen LogP contribution in [0.25, 0.3) is 10.8 Å². The molecule has 0 unspecified atom stereocenters. The molecule has 0 spiro atoms. The summed E-state index contributed by atoms with van der Waals surface area (Å²) in [6.07, 6.45) is 0. The monoisotopic (exact) mass is 453 g/mol. The van der Waals surface area contributed by atoms with Gasteiger partial charge in [-0.05, 0) is 58.3 Å². The Balaban J connectivity index is 2.18. The van der Waals surface area contributed by atoms with E-state index in [0.29, 0.717) is 16.5 Å². The van der Waals surface area contributed by atoms with Crippen molar-refractivity contribution in [2.45, 2.75) is 4.90 Å². The van der Waals surface area contributed by atoms with Crippen LogP contribution in [0, 0.1) is 3.57 Å². The summed E-state index contributed by atoms with van der Waals surface area (Å²) < 4.78 is 34.1. The van der Waals surface area contributed by atoms with E-state index in [0.717, 1.165) is 3.57 Å². The molecule has 3 rings (SSSR count). The number of azo groups is 1. The van der Waals surface area contributed by atoms with Gasteiger partial charge in [0.15, 0.2) is 0 Å². The summed E-state index contributed by atoms with van der Waals surface area (Å²) in [5.74, 6) is 0. The Morgan fingerprint density at radius 1 is 1.00 bits per heavy atom. The second-order valence-corrected chi connectivity index (χ2v) is 7.62. The molecule has 3 N–H and O–H groups in total. The Hall–Kier alpha value is -2.04. The molecule has 0 aliphatic rings. The van der Waals surface area contributed by atoms with Gasteiger partial charge in [-0.25, -0.2) is 0 Å². The van der Waals surface area contributed by atoms with E-state index in [9.17, 15) is 13.0 Å². The van der Waals surface area contributed by atoms with Crippen molar-refractivity contribution in [1.29, 1.82) is 0 Å². The van der Waals surface area contributed by atoms with Gasteiger partial charge in [0.25, 0.3) is 10.1 Å². The Labute approximate surface area is 152 Å². The average molecular weight is 453 g/mol. The van der Waals surface area contributed by atoms with Crippen molar-refractivity contribution in [1.82, 2.24) is 0 Å². The van der Waals surface area contributed by atoms with Crippen molar-refractivity contribution in [2.24, 2.45) is 10.2 Å². The van der Waals surface area contributed by atoms with Crippen LogP contribution in [0.4, 0.5) is 17.1 Å². The number of nitrogens with two attached hydrogens (primary N) is 1. The summed E-state index contributed by atoms with van der Waals surface area (Å²) in [7, 11) is -4.50. The molecule has 0 saturated carbocycles. The zero-order chi connectivity index (χ0) is 17.3. The van der Waals surface area contributed by atoms with E-state index in [1.54, 1.807) is 42.5 Å². The molecule has 6 nitrogen and oxygen atoms in total. The van der Waals surface area contributed by atoms with Crippen LogP contribution in [0.5, 0.6) is 0 Å². The van der Waals surface area contributed by atoms with Crippen molar-refractivity contribution in [3.05, 3.63) is 58.2 Å². The molecule has 122 valence electrons.